The predicted octanol–water partition coefficient (Wildman–Crippen LogP) is 5.01. The van der Waals surface area contributed by atoms with Crippen molar-refractivity contribution in [2.45, 2.75) is 26.2 Å². The quantitative estimate of drug-likeness (QED) is 0.459. The molecule has 0 saturated heterocycles. The monoisotopic (exact) mass is 280 g/mol. The topological polar surface area (TPSA) is 55.5 Å². The Balaban J connectivity index is 2.53. The molecule has 0 unspecified atom stereocenters. The predicted molar refractivity (Wildman–Crippen MR) is 89.6 cm³/mol. The van der Waals surface area contributed by atoms with Crippen LogP contribution >= 0.6 is 0 Å². The molecule has 0 atom stereocenters. The molecule has 0 fully saturated rings. The summed E-state index contributed by atoms with van der Waals surface area (Å²) in [6.07, 6.45) is 4.57. The van der Waals surface area contributed by atoms with Crippen molar-refractivity contribution >= 4 is 11.4 Å². The van der Waals surface area contributed by atoms with Crippen LogP contribution in [0.2, 0.25) is 0 Å². The van der Waals surface area contributed by atoms with E-state index < -0.39 is 0 Å². The molecule has 2 N–H and O–H groups in total. The number of nitroso groups, excluding NO2 is 1. The van der Waals surface area contributed by atoms with Crippen LogP contribution in [0.4, 0.5) is 11.4 Å². The van der Waals surface area contributed by atoms with Crippen LogP contribution in [0.3, 0.4) is 0 Å². The number of allylic oxidation sites excluding steroid dienone is 1. The molecule has 0 spiro atoms. The Kier molecular flexibility index (Phi) is 4.88. The number of nitrogens with two attached hydrogens (primary N) is 1. The van der Waals surface area contributed by atoms with Crippen molar-refractivity contribution in [3.8, 4) is 11.1 Å². The minimum atomic E-state index is 0.454. The van der Waals surface area contributed by atoms with E-state index >= 15 is 0 Å². The molecule has 0 amide bonds. The zero-order valence-corrected chi connectivity index (χ0v) is 12.3. The van der Waals surface area contributed by atoms with Crippen molar-refractivity contribution in [2.75, 3.05) is 5.73 Å². The summed E-state index contributed by atoms with van der Waals surface area (Å²) in [5.41, 5.74) is 11.3. The fourth-order valence-electron chi connectivity index (χ4n) is 2.45. The number of hydrogen-bond acceptors (Lipinski definition) is 3. The Bertz CT molecular complexity index is 662. The van der Waals surface area contributed by atoms with Crippen molar-refractivity contribution in [1.82, 2.24) is 0 Å². The minimum Gasteiger partial charge on any atom is -0.399 e. The van der Waals surface area contributed by atoms with Crippen LogP contribution in [0.25, 0.3) is 11.1 Å². The van der Waals surface area contributed by atoms with E-state index in [1.807, 2.05) is 30.3 Å². The fraction of sp³-hybridized carbons (Fsp3) is 0.222. The Hall–Kier alpha value is -2.42. The summed E-state index contributed by atoms with van der Waals surface area (Å²) in [6, 6.07) is 11.6. The van der Waals surface area contributed by atoms with Crippen LogP contribution in [0.5, 0.6) is 0 Å². The first-order valence-electron chi connectivity index (χ1n) is 7.15. The highest BCUT2D eigenvalue weighted by molar-refractivity contribution is 5.78. The molecule has 3 nitrogen and oxygen atoms in total. The van der Waals surface area contributed by atoms with Gasteiger partial charge >= 0.3 is 0 Å². The normalized spacial score (nSPS) is 10.3. The number of nitrogens with zero attached hydrogens (tertiary/aromatic N) is 1. The maximum Gasteiger partial charge on any atom is 0.115 e. The first kappa shape index (κ1) is 15.0. The highest BCUT2D eigenvalue weighted by atomic mass is 16.3. The summed E-state index contributed by atoms with van der Waals surface area (Å²) in [5.74, 6) is 0. The van der Waals surface area contributed by atoms with Gasteiger partial charge in [-0.3, -0.25) is 0 Å². The van der Waals surface area contributed by atoms with Gasteiger partial charge in [0.2, 0.25) is 0 Å². The van der Waals surface area contributed by atoms with E-state index in [2.05, 4.69) is 24.7 Å². The van der Waals surface area contributed by atoms with Crippen molar-refractivity contribution in [1.29, 1.82) is 0 Å². The highest BCUT2D eigenvalue weighted by Gasteiger charge is 2.09. The molecular formula is C18H20N2O. The van der Waals surface area contributed by atoms with Crippen molar-refractivity contribution in [2.24, 2.45) is 5.18 Å². The molecule has 0 saturated carbocycles. The summed E-state index contributed by atoms with van der Waals surface area (Å²) in [4.78, 5) is 11.1. The van der Waals surface area contributed by atoms with Gasteiger partial charge < -0.3 is 5.73 Å². The molecule has 0 heterocycles. The van der Waals surface area contributed by atoms with Crippen LogP contribution in [-0.2, 0) is 12.8 Å². The van der Waals surface area contributed by atoms with Gasteiger partial charge in [0.1, 0.15) is 5.69 Å². The van der Waals surface area contributed by atoms with Crippen molar-refractivity contribution < 1.29 is 0 Å². The second-order valence-corrected chi connectivity index (χ2v) is 5.10. The number of hydrogen-bond donors (Lipinski definition) is 1. The van der Waals surface area contributed by atoms with Crippen molar-refractivity contribution in [3.05, 3.63) is 65.1 Å². The lowest BCUT2D eigenvalue weighted by atomic mass is 9.96. The third kappa shape index (κ3) is 3.37. The summed E-state index contributed by atoms with van der Waals surface area (Å²) in [5, 5.41) is 3.14. The zero-order chi connectivity index (χ0) is 15.2. The Labute approximate surface area is 125 Å². The second kappa shape index (κ2) is 6.84. The molecule has 0 radical (unpaired) electrons. The molecule has 21 heavy (non-hydrogen) atoms. The molecule has 2 aromatic carbocycles. The SMILES string of the molecule is C=CCc1ccc(N=O)c(-c2ccc(N)c(CCC)c2)c1. The van der Waals surface area contributed by atoms with Gasteiger partial charge in [0.25, 0.3) is 0 Å². The molecule has 0 bridgehead atoms. The smallest absolute Gasteiger partial charge is 0.115 e. The third-order valence-electron chi connectivity index (χ3n) is 3.51. The van der Waals surface area contributed by atoms with E-state index in [1.165, 1.54) is 0 Å². The summed E-state index contributed by atoms with van der Waals surface area (Å²) >= 11 is 0. The van der Waals surface area contributed by atoms with E-state index in [0.29, 0.717) is 5.69 Å². The molecular weight excluding hydrogens is 260 g/mol. The molecule has 2 aromatic rings. The molecule has 0 aliphatic heterocycles. The number of aryl methyl sites for hydroxylation is 1. The van der Waals surface area contributed by atoms with Gasteiger partial charge in [-0.25, -0.2) is 0 Å². The maximum absolute atomic E-state index is 11.1. The van der Waals surface area contributed by atoms with E-state index in [1.54, 1.807) is 6.07 Å². The number of benzene rings is 2. The first-order valence-corrected chi connectivity index (χ1v) is 7.15. The van der Waals surface area contributed by atoms with Gasteiger partial charge in [0, 0.05) is 11.3 Å². The lowest BCUT2D eigenvalue weighted by Gasteiger charge is -2.10. The molecule has 0 aromatic heterocycles. The van der Waals surface area contributed by atoms with E-state index in [-0.39, 0.29) is 0 Å². The Morgan fingerprint density at radius 3 is 2.71 bits per heavy atom. The Morgan fingerprint density at radius 2 is 2.05 bits per heavy atom. The third-order valence-corrected chi connectivity index (χ3v) is 3.51. The lowest BCUT2D eigenvalue weighted by Crippen LogP contribution is -1.95. The van der Waals surface area contributed by atoms with Crippen LogP contribution in [-0.4, -0.2) is 0 Å². The van der Waals surface area contributed by atoms with Crippen LogP contribution in [0.1, 0.15) is 24.5 Å². The first-order chi connectivity index (χ1) is 10.2. The summed E-state index contributed by atoms with van der Waals surface area (Å²) in [7, 11) is 0. The number of anilines is 1. The van der Waals surface area contributed by atoms with Crippen LogP contribution < -0.4 is 5.73 Å². The molecule has 108 valence electrons. The highest BCUT2D eigenvalue weighted by Crippen LogP contribution is 2.33. The zero-order valence-electron chi connectivity index (χ0n) is 12.3. The summed E-state index contributed by atoms with van der Waals surface area (Å²) in [6.45, 7) is 5.87. The molecule has 0 aliphatic carbocycles. The standard InChI is InChI=1S/C18H20N2O/c1-3-5-13-7-10-18(20-21)16(11-13)14-8-9-17(19)15(12-14)6-4-2/h3,7-12H,1,4-6,19H2,2H3. The van der Waals surface area contributed by atoms with E-state index in [4.69, 9.17) is 5.73 Å². The Morgan fingerprint density at radius 1 is 1.24 bits per heavy atom. The molecule has 3 heteroatoms. The summed E-state index contributed by atoms with van der Waals surface area (Å²) < 4.78 is 0. The van der Waals surface area contributed by atoms with E-state index in [0.717, 1.165) is 47.2 Å². The maximum atomic E-state index is 11.1. The average Bonchev–Trinajstić information content (AvgIpc) is 2.50. The number of rotatable bonds is 6. The van der Waals surface area contributed by atoms with Gasteiger partial charge in [-0.2, -0.15) is 0 Å². The van der Waals surface area contributed by atoms with Gasteiger partial charge in [-0.05, 0) is 59.0 Å². The minimum absolute atomic E-state index is 0.454. The average molecular weight is 280 g/mol. The largest absolute Gasteiger partial charge is 0.399 e. The number of nitrogen functional groups attached to an aromatic ring is 1. The lowest BCUT2D eigenvalue weighted by molar-refractivity contribution is 0.925. The fourth-order valence-corrected chi connectivity index (χ4v) is 2.45. The van der Waals surface area contributed by atoms with Crippen molar-refractivity contribution in [3.63, 3.8) is 0 Å². The van der Waals surface area contributed by atoms with Gasteiger partial charge in [-0.1, -0.05) is 31.6 Å². The van der Waals surface area contributed by atoms with Crippen LogP contribution in [0.15, 0.2) is 54.2 Å². The van der Waals surface area contributed by atoms with Gasteiger partial charge in [0.05, 0.1) is 0 Å². The van der Waals surface area contributed by atoms with Crippen LogP contribution in [0, 0.1) is 4.91 Å². The van der Waals surface area contributed by atoms with Gasteiger partial charge in [-0.15, -0.1) is 11.5 Å². The second-order valence-electron chi connectivity index (χ2n) is 5.10. The van der Waals surface area contributed by atoms with E-state index in [9.17, 15) is 4.91 Å². The molecule has 0 aliphatic rings. The molecule has 2 rings (SSSR count). The van der Waals surface area contributed by atoms with Gasteiger partial charge in [0.15, 0.2) is 0 Å².